The quantitative estimate of drug-likeness (QED) is 0.599. The molecule has 0 fully saturated rings. The molecule has 126 valence electrons. The lowest BCUT2D eigenvalue weighted by atomic mass is 10.2. The summed E-state index contributed by atoms with van der Waals surface area (Å²) in [6, 6.07) is 10.9. The molecule has 5 nitrogen and oxygen atoms in total. The molecule has 0 unspecified atom stereocenters. The highest BCUT2D eigenvalue weighted by molar-refractivity contribution is 6.41. The lowest BCUT2D eigenvalue weighted by molar-refractivity contribution is -0.139. The smallest absolute Gasteiger partial charge is 0.340 e. The van der Waals surface area contributed by atoms with E-state index in [2.05, 4.69) is 4.98 Å². The number of esters is 1. The number of rotatable bonds is 5. The third kappa shape index (κ3) is 4.69. The number of carbonyl (C=O) groups excluding carboxylic acids is 2. The van der Waals surface area contributed by atoms with Crippen LogP contribution >= 0.6 is 23.2 Å². The van der Waals surface area contributed by atoms with E-state index < -0.39 is 12.1 Å². The molecule has 0 saturated heterocycles. The Morgan fingerprint density at radius 1 is 1.25 bits per heavy atom. The first-order valence-electron chi connectivity index (χ1n) is 7.19. The maximum Gasteiger partial charge on any atom is 0.340 e. The molecule has 1 amide bonds. The van der Waals surface area contributed by atoms with E-state index >= 15 is 0 Å². The number of ether oxygens (including phenoxy) is 1. The Bertz CT molecular complexity index is 738. The summed E-state index contributed by atoms with van der Waals surface area (Å²) >= 11 is 11.5. The molecule has 1 aromatic heterocycles. The van der Waals surface area contributed by atoms with Crippen LogP contribution in [0, 0.1) is 0 Å². The summed E-state index contributed by atoms with van der Waals surface area (Å²) in [5, 5.41) is 0.242. The zero-order valence-electron chi connectivity index (χ0n) is 13.2. The van der Waals surface area contributed by atoms with E-state index in [0.29, 0.717) is 6.54 Å². The topological polar surface area (TPSA) is 59.5 Å². The van der Waals surface area contributed by atoms with Gasteiger partial charge < -0.3 is 9.64 Å². The van der Waals surface area contributed by atoms with Crippen LogP contribution in [0.15, 0.2) is 42.6 Å². The van der Waals surface area contributed by atoms with Crippen LogP contribution in [-0.4, -0.2) is 34.9 Å². The van der Waals surface area contributed by atoms with Crippen LogP contribution < -0.4 is 0 Å². The first-order valence-corrected chi connectivity index (χ1v) is 7.95. The predicted octanol–water partition coefficient (Wildman–Crippen LogP) is 3.59. The van der Waals surface area contributed by atoms with Gasteiger partial charge in [-0.05, 0) is 18.6 Å². The Hall–Kier alpha value is -2.11. The standard InChI is InChI=1S/C17H16Cl2N2O3/c1-11(16(22)21(2)10-12-6-4-3-5-7-12)24-17(23)13-8-14(18)15(19)20-9-13/h3-9,11H,10H2,1-2H3/t11-/m1/s1. The first-order chi connectivity index (χ1) is 11.4. The molecule has 0 aliphatic carbocycles. The molecule has 24 heavy (non-hydrogen) atoms. The van der Waals surface area contributed by atoms with Gasteiger partial charge in [0.25, 0.3) is 5.91 Å². The predicted molar refractivity (Wildman–Crippen MR) is 92.1 cm³/mol. The average molecular weight is 367 g/mol. The van der Waals surface area contributed by atoms with Gasteiger partial charge in [0.15, 0.2) is 6.10 Å². The number of amides is 1. The molecule has 1 aromatic carbocycles. The maximum absolute atomic E-state index is 12.3. The third-order valence-corrected chi connectivity index (χ3v) is 3.99. The molecule has 7 heteroatoms. The number of hydrogen-bond acceptors (Lipinski definition) is 4. The van der Waals surface area contributed by atoms with Crippen molar-refractivity contribution in [1.29, 1.82) is 0 Å². The fourth-order valence-corrected chi connectivity index (χ4v) is 2.33. The molecule has 1 heterocycles. The molecule has 0 bridgehead atoms. The van der Waals surface area contributed by atoms with Gasteiger partial charge in [-0.2, -0.15) is 0 Å². The van der Waals surface area contributed by atoms with Crippen molar-refractivity contribution in [2.45, 2.75) is 19.6 Å². The van der Waals surface area contributed by atoms with Crippen molar-refractivity contribution in [3.8, 4) is 0 Å². The Labute approximate surface area is 150 Å². The highest BCUT2D eigenvalue weighted by atomic mass is 35.5. The van der Waals surface area contributed by atoms with Gasteiger partial charge in [0.05, 0.1) is 10.6 Å². The lowest BCUT2D eigenvalue weighted by Crippen LogP contribution is -2.37. The molecular formula is C17H16Cl2N2O3. The van der Waals surface area contributed by atoms with Crippen LogP contribution in [0.25, 0.3) is 0 Å². The summed E-state index contributed by atoms with van der Waals surface area (Å²) in [7, 11) is 1.65. The summed E-state index contributed by atoms with van der Waals surface area (Å²) in [6.07, 6.45) is 0.321. The molecule has 1 atom stereocenters. The van der Waals surface area contributed by atoms with E-state index in [1.54, 1.807) is 7.05 Å². The average Bonchev–Trinajstić information content (AvgIpc) is 2.57. The molecule has 0 radical (unpaired) electrons. The van der Waals surface area contributed by atoms with Gasteiger partial charge in [0.2, 0.25) is 0 Å². The number of likely N-dealkylation sites (N-methyl/N-ethyl adjacent to an activating group) is 1. The van der Waals surface area contributed by atoms with Crippen LogP contribution in [-0.2, 0) is 16.1 Å². The third-order valence-electron chi connectivity index (χ3n) is 3.30. The number of carbonyl (C=O) groups is 2. The molecule has 0 saturated carbocycles. The molecule has 2 aromatic rings. The van der Waals surface area contributed by atoms with Crippen LogP contribution in [0.5, 0.6) is 0 Å². The van der Waals surface area contributed by atoms with Gasteiger partial charge in [0, 0.05) is 19.8 Å². The van der Waals surface area contributed by atoms with Crippen molar-refractivity contribution in [2.75, 3.05) is 7.05 Å². The van der Waals surface area contributed by atoms with E-state index in [-0.39, 0.29) is 21.6 Å². The van der Waals surface area contributed by atoms with E-state index in [1.165, 1.54) is 24.1 Å². The van der Waals surface area contributed by atoms with Gasteiger partial charge in [-0.3, -0.25) is 4.79 Å². The number of halogens is 2. The Morgan fingerprint density at radius 2 is 1.92 bits per heavy atom. The number of benzene rings is 1. The molecule has 0 aliphatic heterocycles. The summed E-state index contributed by atoms with van der Waals surface area (Å²) in [6.45, 7) is 1.95. The summed E-state index contributed by atoms with van der Waals surface area (Å²) in [5.41, 5.74) is 1.12. The minimum absolute atomic E-state index is 0.0972. The lowest BCUT2D eigenvalue weighted by Gasteiger charge is -2.21. The van der Waals surface area contributed by atoms with Gasteiger partial charge >= 0.3 is 5.97 Å². The van der Waals surface area contributed by atoms with E-state index in [1.807, 2.05) is 30.3 Å². The van der Waals surface area contributed by atoms with Crippen molar-refractivity contribution in [1.82, 2.24) is 9.88 Å². The Morgan fingerprint density at radius 3 is 2.54 bits per heavy atom. The summed E-state index contributed by atoms with van der Waals surface area (Å²) in [5.74, 6) is -0.991. The summed E-state index contributed by atoms with van der Waals surface area (Å²) < 4.78 is 5.18. The maximum atomic E-state index is 12.3. The number of pyridine rings is 1. The number of nitrogens with zero attached hydrogens (tertiary/aromatic N) is 2. The van der Waals surface area contributed by atoms with Crippen molar-refractivity contribution in [2.24, 2.45) is 0 Å². The van der Waals surface area contributed by atoms with E-state index in [9.17, 15) is 9.59 Å². The summed E-state index contributed by atoms with van der Waals surface area (Å²) in [4.78, 5) is 29.7. The second kappa shape index (κ2) is 8.13. The van der Waals surface area contributed by atoms with Crippen molar-refractivity contribution < 1.29 is 14.3 Å². The van der Waals surface area contributed by atoms with Gasteiger partial charge in [0.1, 0.15) is 5.15 Å². The molecular weight excluding hydrogens is 351 g/mol. The minimum atomic E-state index is -0.930. The van der Waals surface area contributed by atoms with Gasteiger partial charge in [-0.25, -0.2) is 9.78 Å². The zero-order valence-corrected chi connectivity index (χ0v) is 14.7. The second-order valence-electron chi connectivity index (χ2n) is 5.22. The fourth-order valence-electron chi connectivity index (χ4n) is 2.06. The van der Waals surface area contributed by atoms with Crippen molar-refractivity contribution in [3.63, 3.8) is 0 Å². The highest BCUT2D eigenvalue weighted by Gasteiger charge is 2.22. The van der Waals surface area contributed by atoms with Gasteiger partial charge in [-0.15, -0.1) is 0 Å². The number of aromatic nitrogens is 1. The van der Waals surface area contributed by atoms with Crippen LogP contribution in [0.4, 0.5) is 0 Å². The van der Waals surface area contributed by atoms with Crippen LogP contribution in [0.3, 0.4) is 0 Å². The number of hydrogen-bond donors (Lipinski definition) is 0. The Kier molecular flexibility index (Phi) is 6.17. The fraction of sp³-hybridized carbons (Fsp3) is 0.235. The minimum Gasteiger partial charge on any atom is -0.449 e. The van der Waals surface area contributed by atoms with Crippen LogP contribution in [0.2, 0.25) is 10.2 Å². The Balaban J connectivity index is 1.97. The molecule has 2 rings (SSSR count). The van der Waals surface area contributed by atoms with Crippen molar-refractivity contribution >= 4 is 35.1 Å². The van der Waals surface area contributed by atoms with Crippen LogP contribution in [0.1, 0.15) is 22.8 Å². The second-order valence-corrected chi connectivity index (χ2v) is 5.99. The SMILES string of the molecule is C[C@@H](OC(=O)c1cnc(Cl)c(Cl)c1)C(=O)N(C)Cc1ccccc1. The zero-order chi connectivity index (χ0) is 17.7. The van der Waals surface area contributed by atoms with E-state index in [0.717, 1.165) is 5.56 Å². The largest absolute Gasteiger partial charge is 0.449 e. The monoisotopic (exact) mass is 366 g/mol. The molecule has 0 spiro atoms. The van der Waals surface area contributed by atoms with Gasteiger partial charge in [-0.1, -0.05) is 53.5 Å². The van der Waals surface area contributed by atoms with Crippen molar-refractivity contribution in [3.05, 3.63) is 63.9 Å². The molecule has 0 aliphatic rings. The normalized spacial score (nSPS) is 11.7. The van der Waals surface area contributed by atoms with E-state index in [4.69, 9.17) is 27.9 Å². The molecule has 0 N–H and O–H groups in total. The highest BCUT2D eigenvalue weighted by Crippen LogP contribution is 2.20. The first kappa shape index (κ1) is 18.2.